The third-order valence-electron chi connectivity index (χ3n) is 6.79. The predicted molar refractivity (Wildman–Crippen MR) is 158 cm³/mol. The summed E-state index contributed by atoms with van der Waals surface area (Å²) in [5, 5.41) is 4.13. The van der Waals surface area contributed by atoms with E-state index in [1.165, 1.54) is 0 Å². The van der Waals surface area contributed by atoms with Gasteiger partial charge in [-0.2, -0.15) is 0 Å². The number of thiophene rings is 1. The number of aromatic nitrogens is 2. The lowest BCUT2D eigenvalue weighted by Gasteiger charge is -2.13. The third kappa shape index (κ3) is 3.18. The van der Waals surface area contributed by atoms with Crippen molar-refractivity contribution in [1.82, 2.24) is 9.97 Å². The van der Waals surface area contributed by atoms with E-state index in [9.17, 15) is 1.37 Å². The summed E-state index contributed by atoms with van der Waals surface area (Å²) in [5.41, 5.74) is 4.10. The van der Waals surface area contributed by atoms with Crippen LogP contribution < -0.4 is 0 Å². The van der Waals surface area contributed by atoms with Crippen LogP contribution in [0.1, 0.15) is 9.60 Å². The molecule has 3 heterocycles. The maximum Gasteiger partial charge on any atom is 0.0972 e. The van der Waals surface area contributed by atoms with E-state index in [1.54, 1.807) is 6.20 Å². The average Bonchev–Trinajstić information content (AvgIpc) is 3.47. The van der Waals surface area contributed by atoms with Gasteiger partial charge in [-0.1, -0.05) is 84.8 Å². The minimum Gasteiger partial charge on any atom is -0.254 e. The predicted octanol–water partition coefficient (Wildman–Crippen LogP) is 9.64. The fourth-order valence-electron chi connectivity index (χ4n) is 5.05. The second kappa shape index (κ2) is 7.95. The van der Waals surface area contributed by atoms with Crippen molar-refractivity contribution in [3.05, 3.63) is 121 Å². The smallest absolute Gasteiger partial charge is 0.0972 e. The number of hydrogen-bond donors (Lipinski definition) is 0. The van der Waals surface area contributed by atoms with Gasteiger partial charge >= 0.3 is 0 Å². The Morgan fingerprint density at radius 3 is 2.27 bits per heavy atom. The zero-order valence-electron chi connectivity index (χ0n) is 26.3. The van der Waals surface area contributed by atoms with Gasteiger partial charge in [-0.3, -0.25) is 4.98 Å². The molecule has 0 atom stereocenters. The summed E-state index contributed by atoms with van der Waals surface area (Å²) in [6, 6.07) is 22.1. The van der Waals surface area contributed by atoms with Crippen LogP contribution in [0.25, 0.3) is 75.1 Å². The SMILES string of the molecule is [2H]c1c([2H])c([2H])c2c(sc3c([2H])c([2H])c(-c4ccc(-c5ccc6ccc7cccnc7c6n5)c5ccccc45)c([2H])c32)c1[2H]. The van der Waals surface area contributed by atoms with E-state index in [1.807, 2.05) is 72.8 Å². The fourth-order valence-corrected chi connectivity index (χ4v) is 5.97. The Morgan fingerprint density at radius 2 is 1.35 bits per heavy atom. The van der Waals surface area contributed by atoms with E-state index in [2.05, 4.69) is 4.98 Å². The van der Waals surface area contributed by atoms with Gasteiger partial charge in [0.1, 0.15) is 0 Å². The van der Waals surface area contributed by atoms with Crippen LogP contribution in [-0.2, 0) is 0 Å². The van der Waals surface area contributed by atoms with Crippen LogP contribution in [0, 0.1) is 0 Å². The molecule has 0 bridgehead atoms. The van der Waals surface area contributed by atoms with Gasteiger partial charge in [0.05, 0.1) is 26.3 Å². The van der Waals surface area contributed by atoms with Crippen LogP contribution >= 0.6 is 11.3 Å². The molecule has 3 heteroatoms. The molecule has 8 rings (SSSR count). The molecule has 0 unspecified atom stereocenters. The summed E-state index contributed by atoms with van der Waals surface area (Å²) in [5.74, 6) is 0. The highest BCUT2D eigenvalue weighted by Gasteiger charge is 2.13. The molecule has 0 saturated heterocycles. The molecule has 8 aromatic rings. The van der Waals surface area contributed by atoms with Crippen LogP contribution in [0.3, 0.4) is 0 Å². The Hall–Kier alpha value is -4.60. The number of fused-ring (bicyclic) bond motifs is 7. The normalized spacial score (nSPS) is 14.4. The number of pyridine rings is 2. The van der Waals surface area contributed by atoms with Crippen molar-refractivity contribution in [2.24, 2.45) is 0 Å². The third-order valence-corrected chi connectivity index (χ3v) is 7.81. The highest BCUT2D eigenvalue weighted by molar-refractivity contribution is 7.25. The molecule has 3 aromatic heterocycles. The van der Waals surface area contributed by atoms with Crippen molar-refractivity contribution in [1.29, 1.82) is 0 Å². The lowest BCUT2D eigenvalue weighted by Crippen LogP contribution is -1.91. The lowest BCUT2D eigenvalue weighted by molar-refractivity contribution is 1.37. The maximum atomic E-state index is 9.30. The molecule has 0 radical (unpaired) electrons. The quantitative estimate of drug-likeness (QED) is 0.223. The van der Waals surface area contributed by atoms with E-state index in [0.717, 1.165) is 55.2 Å². The van der Waals surface area contributed by atoms with Gasteiger partial charge < -0.3 is 0 Å². The second-order valence-corrected chi connectivity index (χ2v) is 9.90. The van der Waals surface area contributed by atoms with E-state index < -0.39 is 0 Å². The Kier molecular flexibility index (Phi) is 3.19. The molecule has 5 aromatic carbocycles. The minimum absolute atomic E-state index is 0.0310. The average molecular weight is 496 g/mol. The second-order valence-electron chi connectivity index (χ2n) is 8.88. The summed E-state index contributed by atoms with van der Waals surface area (Å²) in [4.78, 5) is 9.62. The summed E-state index contributed by atoms with van der Waals surface area (Å²) in [6.45, 7) is 0. The zero-order chi connectivity index (χ0) is 30.4. The molecule has 0 amide bonds. The van der Waals surface area contributed by atoms with Crippen LogP contribution in [0.15, 0.2) is 121 Å². The molecule has 0 fully saturated rings. The van der Waals surface area contributed by atoms with E-state index in [4.69, 9.17) is 13.2 Å². The minimum atomic E-state index is -0.384. The molecule has 172 valence electrons. The van der Waals surface area contributed by atoms with Crippen LogP contribution in [0.5, 0.6) is 0 Å². The molecular formula is C34H20N2S. The number of rotatable bonds is 2. The highest BCUT2D eigenvalue weighted by atomic mass is 32.1. The molecule has 2 nitrogen and oxygen atoms in total. The number of benzene rings is 5. The van der Waals surface area contributed by atoms with Gasteiger partial charge in [0.25, 0.3) is 0 Å². The summed E-state index contributed by atoms with van der Waals surface area (Å²) >= 11 is 1.04. The summed E-state index contributed by atoms with van der Waals surface area (Å²) < 4.78 is 61.1. The summed E-state index contributed by atoms with van der Waals surface area (Å²) in [7, 11) is 0. The largest absolute Gasteiger partial charge is 0.254 e. The molecule has 0 aliphatic carbocycles. The zero-order valence-corrected chi connectivity index (χ0v) is 20.1. The first-order chi connectivity index (χ1) is 21.3. The first kappa shape index (κ1) is 14.8. The van der Waals surface area contributed by atoms with Crippen LogP contribution in [0.2, 0.25) is 0 Å². The van der Waals surface area contributed by atoms with Crippen molar-refractivity contribution in [3.8, 4) is 22.4 Å². The molecular weight excluding hydrogens is 468 g/mol. The Balaban J connectivity index is 1.41. The molecule has 0 N–H and O–H groups in total. The molecule has 0 saturated carbocycles. The van der Waals surface area contributed by atoms with E-state index in [-0.39, 0.29) is 63.3 Å². The molecule has 0 spiro atoms. The monoisotopic (exact) mass is 495 g/mol. The van der Waals surface area contributed by atoms with Crippen LogP contribution in [-0.4, -0.2) is 9.97 Å². The van der Waals surface area contributed by atoms with Gasteiger partial charge in [0.15, 0.2) is 0 Å². The first-order valence-electron chi connectivity index (χ1n) is 15.4. The Labute approximate surface area is 227 Å². The van der Waals surface area contributed by atoms with Crippen molar-refractivity contribution < 1.29 is 9.60 Å². The number of hydrogen-bond acceptors (Lipinski definition) is 3. The van der Waals surface area contributed by atoms with Gasteiger partial charge in [0, 0.05) is 42.7 Å². The van der Waals surface area contributed by atoms with Crippen molar-refractivity contribution in [3.63, 3.8) is 0 Å². The van der Waals surface area contributed by atoms with Gasteiger partial charge in [-0.05, 0) is 52.2 Å². The van der Waals surface area contributed by atoms with Gasteiger partial charge in [-0.15, -0.1) is 11.3 Å². The molecule has 0 aliphatic rings. The van der Waals surface area contributed by atoms with E-state index >= 15 is 0 Å². The standard InChI is InChI=1S/C34H20N2S/c1-2-8-26-25(7-1)24(23-14-18-32-29(20-23)28-9-3-4-10-31(28)37-32)15-16-27(26)30-17-13-22-12-11-21-6-5-19-35-33(21)34(22)36-30/h1-20H/i3D,4D,9D,10D,14D,18D,20D. The molecule has 37 heavy (non-hydrogen) atoms. The molecule has 0 aliphatic heterocycles. The van der Waals surface area contributed by atoms with Crippen molar-refractivity contribution in [2.75, 3.05) is 0 Å². The Morgan fingerprint density at radius 1 is 0.595 bits per heavy atom. The van der Waals surface area contributed by atoms with Crippen LogP contribution in [0.4, 0.5) is 0 Å². The van der Waals surface area contributed by atoms with Gasteiger partial charge in [-0.25, -0.2) is 4.98 Å². The first-order valence-corrected chi connectivity index (χ1v) is 12.7. The number of nitrogens with zero attached hydrogens (tertiary/aromatic N) is 2. The van der Waals surface area contributed by atoms with Crippen molar-refractivity contribution >= 4 is 64.1 Å². The van der Waals surface area contributed by atoms with Gasteiger partial charge in [0.2, 0.25) is 0 Å². The highest BCUT2D eigenvalue weighted by Crippen LogP contribution is 2.40. The topological polar surface area (TPSA) is 25.8 Å². The fraction of sp³-hybridized carbons (Fsp3) is 0. The lowest BCUT2D eigenvalue weighted by atomic mass is 9.93. The Bertz CT molecular complexity index is 2540. The summed E-state index contributed by atoms with van der Waals surface area (Å²) in [6.07, 6.45) is 1.76. The maximum absolute atomic E-state index is 9.30. The van der Waals surface area contributed by atoms with Crippen molar-refractivity contribution in [2.45, 2.75) is 0 Å². The van der Waals surface area contributed by atoms with E-state index in [0.29, 0.717) is 10.3 Å².